The van der Waals surface area contributed by atoms with Gasteiger partial charge in [0.15, 0.2) is 0 Å². The number of hydrogen-bond donors (Lipinski definition) is 1. The third-order valence-corrected chi connectivity index (χ3v) is 3.33. The Hall–Kier alpha value is -1.81. The lowest BCUT2D eigenvalue weighted by Crippen LogP contribution is -2.24. The average molecular weight is 291 g/mol. The standard InChI is InChI=1S/C15H19ClN4/c1-3-20(4-2)15-17-10-9-14(19-15)18-11-12-5-7-13(16)8-6-12/h5-10H,3-4,11H2,1-2H3,(H,17,18,19). The molecule has 106 valence electrons. The topological polar surface area (TPSA) is 41.1 Å². The van der Waals surface area contributed by atoms with Gasteiger partial charge >= 0.3 is 0 Å². The number of halogens is 1. The van der Waals surface area contributed by atoms with Crippen LogP contribution in [0, 0.1) is 0 Å². The molecule has 0 radical (unpaired) electrons. The highest BCUT2D eigenvalue weighted by molar-refractivity contribution is 6.30. The Labute approximate surface area is 124 Å². The van der Waals surface area contributed by atoms with Gasteiger partial charge in [0, 0.05) is 30.9 Å². The highest BCUT2D eigenvalue weighted by Crippen LogP contribution is 2.13. The lowest BCUT2D eigenvalue weighted by Gasteiger charge is -2.18. The largest absolute Gasteiger partial charge is 0.366 e. The Kier molecular flexibility index (Phi) is 5.18. The van der Waals surface area contributed by atoms with E-state index in [0.717, 1.165) is 35.4 Å². The minimum Gasteiger partial charge on any atom is -0.366 e. The number of nitrogens with one attached hydrogen (secondary N) is 1. The zero-order valence-corrected chi connectivity index (χ0v) is 12.6. The van der Waals surface area contributed by atoms with Crippen LogP contribution in [0.5, 0.6) is 0 Å². The first-order chi connectivity index (χ1) is 9.72. The third-order valence-electron chi connectivity index (χ3n) is 3.08. The van der Waals surface area contributed by atoms with Crippen molar-refractivity contribution in [3.63, 3.8) is 0 Å². The van der Waals surface area contributed by atoms with Gasteiger partial charge in [0.05, 0.1) is 0 Å². The number of benzene rings is 1. The fourth-order valence-corrected chi connectivity index (χ4v) is 2.03. The fraction of sp³-hybridized carbons (Fsp3) is 0.333. The minimum absolute atomic E-state index is 0.714. The molecular formula is C15H19ClN4. The normalized spacial score (nSPS) is 10.3. The predicted octanol–water partition coefficient (Wildman–Crippen LogP) is 3.59. The third kappa shape index (κ3) is 3.84. The second kappa shape index (κ2) is 7.10. The highest BCUT2D eigenvalue weighted by atomic mass is 35.5. The molecule has 0 bridgehead atoms. The van der Waals surface area contributed by atoms with Crippen LogP contribution in [0.2, 0.25) is 5.02 Å². The molecule has 0 fully saturated rings. The molecule has 1 aromatic heterocycles. The molecular weight excluding hydrogens is 272 g/mol. The Morgan fingerprint density at radius 3 is 2.45 bits per heavy atom. The molecule has 1 N–H and O–H groups in total. The van der Waals surface area contributed by atoms with Crippen LogP contribution < -0.4 is 10.2 Å². The second-order valence-electron chi connectivity index (χ2n) is 4.39. The van der Waals surface area contributed by atoms with Gasteiger partial charge in [0.25, 0.3) is 0 Å². The van der Waals surface area contributed by atoms with E-state index in [4.69, 9.17) is 11.6 Å². The van der Waals surface area contributed by atoms with Gasteiger partial charge in [-0.05, 0) is 37.6 Å². The molecule has 0 saturated carbocycles. The van der Waals surface area contributed by atoms with Gasteiger partial charge in [-0.25, -0.2) is 4.98 Å². The second-order valence-corrected chi connectivity index (χ2v) is 4.83. The molecule has 0 atom stereocenters. The molecule has 20 heavy (non-hydrogen) atoms. The van der Waals surface area contributed by atoms with E-state index in [1.165, 1.54) is 0 Å². The van der Waals surface area contributed by atoms with E-state index in [-0.39, 0.29) is 0 Å². The molecule has 4 nitrogen and oxygen atoms in total. The highest BCUT2D eigenvalue weighted by Gasteiger charge is 2.05. The fourth-order valence-electron chi connectivity index (χ4n) is 1.90. The average Bonchev–Trinajstić information content (AvgIpc) is 2.48. The summed E-state index contributed by atoms with van der Waals surface area (Å²) in [6.07, 6.45) is 1.78. The molecule has 0 aliphatic carbocycles. The van der Waals surface area contributed by atoms with E-state index < -0.39 is 0 Å². The smallest absolute Gasteiger partial charge is 0.227 e. The first-order valence-electron chi connectivity index (χ1n) is 6.79. The molecule has 1 heterocycles. The molecule has 2 rings (SSSR count). The first-order valence-corrected chi connectivity index (χ1v) is 7.17. The Morgan fingerprint density at radius 1 is 1.10 bits per heavy atom. The van der Waals surface area contributed by atoms with Crippen LogP contribution in [-0.2, 0) is 6.54 Å². The molecule has 0 aliphatic rings. The van der Waals surface area contributed by atoms with Crippen LogP contribution in [0.1, 0.15) is 19.4 Å². The van der Waals surface area contributed by atoms with Crippen molar-refractivity contribution in [2.45, 2.75) is 20.4 Å². The van der Waals surface area contributed by atoms with Crippen LogP contribution >= 0.6 is 11.6 Å². The maximum absolute atomic E-state index is 5.87. The van der Waals surface area contributed by atoms with Crippen molar-refractivity contribution < 1.29 is 0 Å². The quantitative estimate of drug-likeness (QED) is 0.883. The number of anilines is 2. The summed E-state index contributed by atoms with van der Waals surface area (Å²) < 4.78 is 0. The minimum atomic E-state index is 0.714. The summed E-state index contributed by atoms with van der Waals surface area (Å²) in [5.41, 5.74) is 1.16. The van der Waals surface area contributed by atoms with E-state index in [9.17, 15) is 0 Å². The van der Waals surface area contributed by atoms with E-state index in [0.29, 0.717) is 6.54 Å². The Balaban J connectivity index is 2.02. The van der Waals surface area contributed by atoms with Crippen molar-refractivity contribution in [1.29, 1.82) is 0 Å². The summed E-state index contributed by atoms with van der Waals surface area (Å²) in [4.78, 5) is 10.9. The van der Waals surface area contributed by atoms with E-state index in [1.807, 2.05) is 30.3 Å². The predicted molar refractivity (Wildman–Crippen MR) is 84.4 cm³/mol. The maximum atomic E-state index is 5.87. The van der Waals surface area contributed by atoms with Gasteiger partial charge < -0.3 is 10.2 Å². The van der Waals surface area contributed by atoms with E-state index in [2.05, 4.69) is 34.0 Å². The van der Waals surface area contributed by atoms with Crippen molar-refractivity contribution in [2.75, 3.05) is 23.3 Å². The molecule has 5 heteroatoms. The van der Waals surface area contributed by atoms with Gasteiger partial charge in [0.1, 0.15) is 5.82 Å². The maximum Gasteiger partial charge on any atom is 0.227 e. The van der Waals surface area contributed by atoms with E-state index >= 15 is 0 Å². The van der Waals surface area contributed by atoms with Crippen LogP contribution in [0.25, 0.3) is 0 Å². The lowest BCUT2D eigenvalue weighted by atomic mass is 10.2. The summed E-state index contributed by atoms with van der Waals surface area (Å²) in [6.45, 7) is 6.71. The summed E-state index contributed by atoms with van der Waals surface area (Å²) in [7, 11) is 0. The number of aromatic nitrogens is 2. The molecule has 2 aromatic rings. The van der Waals surface area contributed by atoms with Gasteiger partial charge in [-0.3, -0.25) is 0 Å². The van der Waals surface area contributed by atoms with Crippen LogP contribution in [0.3, 0.4) is 0 Å². The lowest BCUT2D eigenvalue weighted by molar-refractivity contribution is 0.821. The first kappa shape index (κ1) is 14.6. The van der Waals surface area contributed by atoms with Crippen molar-refractivity contribution in [1.82, 2.24) is 9.97 Å². The van der Waals surface area contributed by atoms with Crippen LogP contribution in [0.15, 0.2) is 36.5 Å². The summed E-state index contributed by atoms with van der Waals surface area (Å²) in [6, 6.07) is 9.66. The van der Waals surface area contributed by atoms with Crippen LogP contribution in [-0.4, -0.2) is 23.1 Å². The van der Waals surface area contributed by atoms with E-state index in [1.54, 1.807) is 6.20 Å². The number of rotatable bonds is 6. The summed E-state index contributed by atoms with van der Waals surface area (Å²) in [5, 5.41) is 4.05. The Bertz CT molecular complexity index is 538. The zero-order valence-electron chi connectivity index (χ0n) is 11.8. The zero-order chi connectivity index (χ0) is 14.4. The van der Waals surface area contributed by atoms with Crippen LogP contribution in [0.4, 0.5) is 11.8 Å². The van der Waals surface area contributed by atoms with Crippen molar-refractivity contribution in [2.24, 2.45) is 0 Å². The number of hydrogen-bond acceptors (Lipinski definition) is 4. The summed E-state index contributed by atoms with van der Waals surface area (Å²) in [5.74, 6) is 1.59. The van der Waals surface area contributed by atoms with Gasteiger partial charge in [-0.1, -0.05) is 23.7 Å². The monoisotopic (exact) mass is 290 g/mol. The van der Waals surface area contributed by atoms with Crippen molar-refractivity contribution in [3.8, 4) is 0 Å². The SMILES string of the molecule is CCN(CC)c1nccc(NCc2ccc(Cl)cc2)n1. The Morgan fingerprint density at radius 2 is 1.80 bits per heavy atom. The molecule has 0 saturated heterocycles. The summed E-state index contributed by atoms with van der Waals surface area (Å²) >= 11 is 5.87. The molecule has 0 aliphatic heterocycles. The van der Waals surface area contributed by atoms with Gasteiger partial charge in [-0.2, -0.15) is 4.98 Å². The van der Waals surface area contributed by atoms with Crippen molar-refractivity contribution >= 4 is 23.4 Å². The molecule has 0 spiro atoms. The van der Waals surface area contributed by atoms with Gasteiger partial charge in [-0.15, -0.1) is 0 Å². The molecule has 0 amide bonds. The van der Waals surface area contributed by atoms with Gasteiger partial charge in [0.2, 0.25) is 5.95 Å². The van der Waals surface area contributed by atoms with Crippen molar-refractivity contribution in [3.05, 3.63) is 47.1 Å². The number of nitrogens with zero attached hydrogens (tertiary/aromatic N) is 3. The molecule has 0 unspecified atom stereocenters. The molecule has 1 aromatic carbocycles.